The molecule has 0 amide bonds. The van der Waals surface area contributed by atoms with E-state index in [1.54, 1.807) is 14.2 Å². The molecule has 1 saturated carbocycles. The molecule has 1 N–H and O–H groups in total. The first-order chi connectivity index (χ1) is 9.13. The van der Waals surface area contributed by atoms with Gasteiger partial charge in [0, 0.05) is 18.7 Å². The Morgan fingerprint density at radius 1 is 1.21 bits per heavy atom. The van der Waals surface area contributed by atoms with E-state index in [-0.39, 0.29) is 6.04 Å². The molecule has 2 nitrogen and oxygen atoms in total. The van der Waals surface area contributed by atoms with Crippen molar-refractivity contribution in [2.24, 2.45) is 0 Å². The van der Waals surface area contributed by atoms with Crippen LogP contribution in [-0.4, -0.2) is 19.8 Å². The van der Waals surface area contributed by atoms with Gasteiger partial charge < -0.3 is 10.1 Å². The van der Waals surface area contributed by atoms with Gasteiger partial charge in [-0.1, -0.05) is 25.3 Å². The third-order valence-corrected chi connectivity index (χ3v) is 4.19. The molecule has 1 atom stereocenters. The lowest BCUT2D eigenvalue weighted by Gasteiger charge is -2.42. The molecular weight excluding hydrogens is 248 g/mol. The highest BCUT2D eigenvalue weighted by Crippen LogP contribution is 2.41. The van der Waals surface area contributed by atoms with E-state index in [0.717, 1.165) is 31.7 Å². The zero-order valence-electron chi connectivity index (χ0n) is 11.5. The molecule has 1 aromatic carbocycles. The van der Waals surface area contributed by atoms with Crippen molar-refractivity contribution in [1.29, 1.82) is 0 Å². The highest BCUT2D eigenvalue weighted by atomic mass is 19.1. The molecule has 0 bridgehead atoms. The summed E-state index contributed by atoms with van der Waals surface area (Å²) in [5.41, 5.74) is 0.0822. The molecule has 0 radical (unpaired) electrons. The fourth-order valence-electron chi connectivity index (χ4n) is 3.20. The summed E-state index contributed by atoms with van der Waals surface area (Å²) in [7, 11) is 3.47. The molecule has 0 aromatic heterocycles. The van der Waals surface area contributed by atoms with Crippen LogP contribution in [-0.2, 0) is 4.74 Å². The largest absolute Gasteiger partial charge is 0.376 e. The van der Waals surface area contributed by atoms with Crippen molar-refractivity contribution in [2.45, 2.75) is 43.7 Å². The van der Waals surface area contributed by atoms with Gasteiger partial charge in [-0.3, -0.25) is 0 Å². The molecule has 0 heterocycles. The second-order valence-electron chi connectivity index (χ2n) is 5.22. The Labute approximate surface area is 113 Å². The molecule has 4 heteroatoms. The van der Waals surface area contributed by atoms with E-state index in [1.165, 1.54) is 18.6 Å². The molecule has 1 aliphatic rings. The van der Waals surface area contributed by atoms with Crippen LogP contribution in [0.25, 0.3) is 0 Å². The van der Waals surface area contributed by atoms with Crippen molar-refractivity contribution < 1.29 is 13.5 Å². The van der Waals surface area contributed by atoms with Gasteiger partial charge in [-0.2, -0.15) is 0 Å². The van der Waals surface area contributed by atoms with Crippen molar-refractivity contribution in [2.75, 3.05) is 14.2 Å². The van der Waals surface area contributed by atoms with E-state index < -0.39 is 17.2 Å². The fraction of sp³-hybridized carbons (Fsp3) is 0.600. The standard InChI is InChI=1S/C15H21F2NO/c1-18-14(12-7-6-11(16)10-13(12)17)15(19-2)8-4-3-5-9-15/h6-7,10,14,18H,3-5,8-9H2,1-2H3. The number of rotatable bonds is 4. The monoisotopic (exact) mass is 269 g/mol. The first kappa shape index (κ1) is 14.4. The predicted molar refractivity (Wildman–Crippen MR) is 71.0 cm³/mol. The van der Waals surface area contributed by atoms with E-state index >= 15 is 0 Å². The van der Waals surface area contributed by atoms with Crippen LogP contribution in [0.15, 0.2) is 18.2 Å². The van der Waals surface area contributed by atoms with Crippen LogP contribution in [0.4, 0.5) is 8.78 Å². The summed E-state index contributed by atoms with van der Waals surface area (Å²) >= 11 is 0. The van der Waals surface area contributed by atoms with Crippen molar-refractivity contribution >= 4 is 0 Å². The SMILES string of the molecule is CNC(c1ccc(F)cc1F)C1(OC)CCCCC1. The van der Waals surface area contributed by atoms with Gasteiger partial charge >= 0.3 is 0 Å². The van der Waals surface area contributed by atoms with Crippen LogP contribution in [0.3, 0.4) is 0 Å². The zero-order chi connectivity index (χ0) is 13.9. The first-order valence-corrected chi connectivity index (χ1v) is 6.80. The van der Waals surface area contributed by atoms with Gasteiger partial charge in [0.2, 0.25) is 0 Å². The number of hydrogen-bond donors (Lipinski definition) is 1. The topological polar surface area (TPSA) is 21.3 Å². The molecule has 1 fully saturated rings. The van der Waals surface area contributed by atoms with Gasteiger partial charge in [-0.05, 0) is 26.0 Å². The minimum absolute atomic E-state index is 0.251. The van der Waals surface area contributed by atoms with Crippen LogP contribution in [0, 0.1) is 11.6 Å². The average molecular weight is 269 g/mol. The van der Waals surface area contributed by atoms with Gasteiger partial charge in [-0.15, -0.1) is 0 Å². The summed E-state index contributed by atoms with van der Waals surface area (Å²) in [5, 5.41) is 3.15. The molecule has 106 valence electrons. The maximum absolute atomic E-state index is 14.0. The summed E-state index contributed by atoms with van der Waals surface area (Å²) < 4.78 is 32.8. The lowest BCUT2D eigenvalue weighted by molar-refractivity contribution is -0.0678. The van der Waals surface area contributed by atoms with Gasteiger partial charge in [0.1, 0.15) is 11.6 Å². The number of ether oxygens (including phenoxy) is 1. The Morgan fingerprint density at radius 2 is 1.89 bits per heavy atom. The van der Waals surface area contributed by atoms with Crippen LogP contribution in [0.1, 0.15) is 43.7 Å². The summed E-state index contributed by atoms with van der Waals surface area (Å²) in [6.45, 7) is 0. The minimum Gasteiger partial charge on any atom is -0.376 e. The second-order valence-corrected chi connectivity index (χ2v) is 5.22. The van der Waals surface area contributed by atoms with E-state index in [2.05, 4.69) is 5.32 Å². The van der Waals surface area contributed by atoms with Gasteiger partial charge in [0.25, 0.3) is 0 Å². The van der Waals surface area contributed by atoms with E-state index in [9.17, 15) is 8.78 Å². The average Bonchev–Trinajstić information content (AvgIpc) is 2.43. The van der Waals surface area contributed by atoms with Crippen LogP contribution in [0.5, 0.6) is 0 Å². The molecule has 0 saturated heterocycles. The minimum atomic E-state index is -0.550. The number of nitrogens with one attached hydrogen (secondary N) is 1. The van der Waals surface area contributed by atoms with Gasteiger partial charge in [-0.25, -0.2) is 8.78 Å². The second kappa shape index (κ2) is 5.97. The molecular formula is C15H21F2NO. The third kappa shape index (κ3) is 2.79. The maximum atomic E-state index is 14.0. The summed E-state index contributed by atoms with van der Waals surface area (Å²) in [5.74, 6) is -1.06. The van der Waals surface area contributed by atoms with Crippen LogP contribution in [0.2, 0.25) is 0 Å². The van der Waals surface area contributed by atoms with Crippen LogP contribution >= 0.6 is 0 Å². The molecule has 1 aromatic rings. The van der Waals surface area contributed by atoms with Gasteiger partial charge in [0.05, 0.1) is 11.6 Å². The Hall–Kier alpha value is -1.00. The molecule has 19 heavy (non-hydrogen) atoms. The highest BCUT2D eigenvalue weighted by Gasteiger charge is 2.41. The van der Waals surface area contributed by atoms with E-state index in [1.807, 2.05) is 0 Å². The Balaban J connectivity index is 2.36. The predicted octanol–water partition coefficient (Wildman–Crippen LogP) is 3.57. The number of methoxy groups -OCH3 is 1. The summed E-state index contributed by atoms with van der Waals surface area (Å²) in [6.07, 6.45) is 5.13. The smallest absolute Gasteiger partial charge is 0.131 e. The number of likely N-dealkylation sites (N-methyl/N-ethyl adjacent to an activating group) is 1. The zero-order valence-corrected chi connectivity index (χ0v) is 11.5. The van der Waals surface area contributed by atoms with Crippen molar-refractivity contribution in [3.05, 3.63) is 35.4 Å². The van der Waals surface area contributed by atoms with Gasteiger partial charge in [0.15, 0.2) is 0 Å². The molecule has 0 spiro atoms. The van der Waals surface area contributed by atoms with Crippen LogP contribution < -0.4 is 5.32 Å². The Morgan fingerprint density at radius 3 is 2.42 bits per heavy atom. The Kier molecular flexibility index (Phi) is 4.53. The molecule has 1 aliphatic carbocycles. The van der Waals surface area contributed by atoms with E-state index in [4.69, 9.17) is 4.74 Å². The first-order valence-electron chi connectivity index (χ1n) is 6.80. The van der Waals surface area contributed by atoms with Crippen molar-refractivity contribution in [3.63, 3.8) is 0 Å². The molecule has 1 unspecified atom stereocenters. The summed E-state index contributed by atoms with van der Waals surface area (Å²) in [4.78, 5) is 0. The fourth-order valence-corrected chi connectivity index (χ4v) is 3.20. The van der Waals surface area contributed by atoms with Crippen molar-refractivity contribution in [1.82, 2.24) is 5.32 Å². The lowest BCUT2D eigenvalue weighted by atomic mass is 9.76. The van der Waals surface area contributed by atoms with Crippen molar-refractivity contribution in [3.8, 4) is 0 Å². The normalized spacial score (nSPS) is 20.2. The number of hydrogen-bond acceptors (Lipinski definition) is 2. The maximum Gasteiger partial charge on any atom is 0.131 e. The Bertz CT molecular complexity index is 430. The lowest BCUT2D eigenvalue weighted by Crippen LogP contribution is -2.46. The highest BCUT2D eigenvalue weighted by molar-refractivity contribution is 5.25. The van der Waals surface area contributed by atoms with E-state index in [0.29, 0.717) is 5.56 Å². The summed E-state index contributed by atoms with van der Waals surface area (Å²) in [6, 6.07) is 3.50. The third-order valence-electron chi connectivity index (χ3n) is 4.19. The number of benzene rings is 1. The number of halogens is 2. The quantitative estimate of drug-likeness (QED) is 0.902. The molecule has 0 aliphatic heterocycles. The molecule has 2 rings (SSSR count).